The van der Waals surface area contributed by atoms with Gasteiger partial charge in [0.2, 0.25) is 5.91 Å². The minimum atomic E-state index is -0.0220. The van der Waals surface area contributed by atoms with Crippen molar-refractivity contribution in [1.82, 2.24) is 9.88 Å². The number of nitriles is 1. The lowest BCUT2D eigenvalue weighted by molar-refractivity contribution is -0.116. The highest BCUT2D eigenvalue weighted by Crippen LogP contribution is 2.18. The molecule has 0 radical (unpaired) electrons. The Kier molecular flexibility index (Phi) is 6.05. The van der Waals surface area contributed by atoms with Crippen LogP contribution in [0.1, 0.15) is 12.0 Å². The number of carbonyl (C=O) groups is 1. The lowest BCUT2D eigenvalue weighted by atomic mass is 10.2. The Morgan fingerprint density at radius 2 is 2.04 bits per heavy atom. The standard InChI is InChI=1S/C19H20ClN5O/c20-16-4-1-5-17(13-16)23-18(26)6-8-24-9-11-25(12-10-24)19-15(14-21)3-2-7-22-19/h1-5,7,13H,6,8-12H2,(H,23,26). The number of hydrogen-bond donors (Lipinski definition) is 1. The molecule has 26 heavy (non-hydrogen) atoms. The van der Waals surface area contributed by atoms with Crippen LogP contribution in [0.5, 0.6) is 0 Å². The molecule has 1 aliphatic heterocycles. The highest BCUT2D eigenvalue weighted by atomic mass is 35.5. The van der Waals surface area contributed by atoms with Gasteiger partial charge in [0.25, 0.3) is 0 Å². The molecule has 1 fully saturated rings. The average Bonchev–Trinajstić information content (AvgIpc) is 2.67. The summed E-state index contributed by atoms with van der Waals surface area (Å²) < 4.78 is 0. The van der Waals surface area contributed by atoms with E-state index >= 15 is 0 Å². The topological polar surface area (TPSA) is 72.3 Å². The van der Waals surface area contributed by atoms with E-state index in [1.807, 2.05) is 12.1 Å². The molecule has 2 aromatic rings. The maximum atomic E-state index is 12.1. The van der Waals surface area contributed by atoms with E-state index in [2.05, 4.69) is 26.2 Å². The number of nitrogens with zero attached hydrogens (tertiary/aromatic N) is 4. The van der Waals surface area contributed by atoms with Gasteiger partial charge in [-0.05, 0) is 30.3 Å². The molecular weight excluding hydrogens is 350 g/mol. The number of carbonyl (C=O) groups excluding carboxylic acids is 1. The summed E-state index contributed by atoms with van der Waals surface area (Å²) in [5, 5.41) is 12.7. The number of aromatic nitrogens is 1. The quantitative estimate of drug-likeness (QED) is 0.877. The van der Waals surface area contributed by atoms with Crippen molar-refractivity contribution in [3.8, 4) is 6.07 Å². The zero-order chi connectivity index (χ0) is 18.4. The third-order valence-electron chi connectivity index (χ3n) is 4.34. The molecule has 0 bridgehead atoms. The van der Waals surface area contributed by atoms with Gasteiger partial charge in [-0.25, -0.2) is 4.98 Å². The molecule has 1 aromatic carbocycles. The fraction of sp³-hybridized carbons (Fsp3) is 0.316. The third-order valence-corrected chi connectivity index (χ3v) is 4.58. The number of rotatable bonds is 5. The van der Waals surface area contributed by atoms with Crippen LogP contribution < -0.4 is 10.2 Å². The first-order chi connectivity index (χ1) is 12.7. The average molecular weight is 370 g/mol. The SMILES string of the molecule is N#Cc1cccnc1N1CCN(CCC(=O)Nc2cccc(Cl)c2)CC1. The van der Waals surface area contributed by atoms with E-state index in [9.17, 15) is 10.1 Å². The van der Waals surface area contributed by atoms with Crippen molar-refractivity contribution in [3.05, 3.63) is 53.2 Å². The van der Waals surface area contributed by atoms with Gasteiger partial charge in [0.15, 0.2) is 0 Å². The van der Waals surface area contributed by atoms with Gasteiger partial charge in [-0.2, -0.15) is 5.26 Å². The van der Waals surface area contributed by atoms with E-state index in [1.54, 1.807) is 30.5 Å². The van der Waals surface area contributed by atoms with Crippen LogP contribution in [-0.2, 0) is 4.79 Å². The van der Waals surface area contributed by atoms with Gasteiger partial charge in [0.05, 0.1) is 5.56 Å². The van der Waals surface area contributed by atoms with E-state index in [4.69, 9.17) is 11.6 Å². The highest BCUT2D eigenvalue weighted by molar-refractivity contribution is 6.30. The predicted molar refractivity (Wildman–Crippen MR) is 102 cm³/mol. The summed E-state index contributed by atoms with van der Waals surface area (Å²) >= 11 is 5.92. The van der Waals surface area contributed by atoms with Gasteiger partial charge in [0.1, 0.15) is 11.9 Å². The number of piperazine rings is 1. The van der Waals surface area contributed by atoms with Crippen molar-refractivity contribution in [2.45, 2.75) is 6.42 Å². The fourth-order valence-corrected chi connectivity index (χ4v) is 3.16. The molecule has 6 nitrogen and oxygen atoms in total. The maximum Gasteiger partial charge on any atom is 0.225 e. The lowest BCUT2D eigenvalue weighted by Gasteiger charge is -2.35. The van der Waals surface area contributed by atoms with Crippen LogP contribution >= 0.6 is 11.6 Å². The van der Waals surface area contributed by atoms with Crippen LogP contribution in [0.4, 0.5) is 11.5 Å². The van der Waals surface area contributed by atoms with Gasteiger partial charge in [-0.3, -0.25) is 9.69 Å². The smallest absolute Gasteiger partial charge is 0.225 e. The van der Waals surface area contributed by atoms with Crippen molar-refractivity contribution >= 4 is 29.0 Å². The Morgan fingerprint density at radius 3 is 2.77 bits per heavy atom. The molecule has 0 saturated carbocycles. The monoisotopic (exact) mass is 369 g/mol. The molecule has 0 atom stereocenters. The van der Waals surface area contributed by atoms with Gasteiger partial charge in [-0.1, -0.05) is 17.7 Å². The summed E-state index contributed by atoms with van der Waals surface area (Å²) in [5.74, 6) is 0.722. The molecule has 1 amide bonds. The Labute approximate surface area is 158 Å². The summed E-state index contributed by atoms with van der Waals surface area (Å²) in [7, 11) is 0. The third kappa shape index (κ3) is 4.72. The van der Waals surface area contributed by atoms with Crippen LogP contribution in [-0.4, -0.2) is 48.5 Å². The van der Waals surface area contributed by atoms with E-state index < -0.39 is 0 Å². The fourth-order valence-electron chi connectivity index (χ4n) is 2.97. The van der Waals surface area contributed by atoms with E-state index in [0.717, 1.165) is 32.0 Å². The molecule has 1 saturated heterocycles. The lowest BCUT2D eigenvalue weighted by Crippen LogP contribution is -2.47. The van der Waals surface area contributed by atoms with Gasteiger partial charge in [-0.15, -0.1) is 0 Å². The van der Waals surface area contributed by atoms with E-state index in [1.165, 1.54) is 0 Å². The molecule has 0 aliphatic carbocycles. The Morgan fingerprint density at radius 1 is 1.23 bits per heavy atom. The molecule has 1 aliphatic rings. The Balaban J connectivity index is 1.45. The van der Waals surface area contributed by atoms with E-state index in [-0.39, 0.29) is 5.91 Å². The number of nitrogens with one attached hydrogen (secondary N) is 1. The predicted octanol–water partition coefficient (Wildman–Crippen LogP) is 2.76. The van der Waals surface area contributed by atoms with Crippen LogP contribution in [0, 0.1) is 11.3 Å². The first kappa shape index (κ1) is 18.2. The number of halogens is 1. The summed E-state index contributed by atoms with van der Waals surface area (Å²) in [4.78, 5) is 20.8. The number of anilines is 2. The first-order valence-electron chi connectivity index (χ1n) is 8.53. The molecule has 134 valence electrons. The van der Waals surface area contributed by atoms with Crippen molar-refractivity contribution in [3.63, 3.8) is 0 Å². The summed E-state index contributed by atoms with van der Waals surface area (Å²) in [5.41, 5.74) is 1.31. The normalized spacial score (nSPS) is 14.7. The first-order valence-corrected chi connectivity index (χ1v) is 8.91. The number of benzene rings is 1. The van der Waals surface area contributed by atoms with Crippen molar-refractivity contribution < 1.29 is 4.79 Å². The second-order valence-corrected chi connectivity index (χ2v) is 6.56. The van der Waals surface area contributed by atoms with Gasteiger partial charge in [0, 0.05) is 56.1 Å². The molecule has 2 heterocycles. The van der Waals surface area contributed by atoms with Gasteiger partial charge >= 0.3 is 0 Å². The molecular formula is C19H20ClN5O. The van der Waals surface area contributed by atoms with Crippen LogP contribution in [0.2, 0.25) is 5.02 Å². The second kappa shape index (κ2) is 8.65. The Hall–Kier alpha value is -2.62. The number of pyridine rings is 1. The van der Waals surface area contributed by atoms with Crippen molar-refractivity contribution in [2.24, 2.45) is 0 Å². The summed E-state index contributed by atoms with van der Waals surface area (Å²) in [6.07, 6.45) is 2.14. The van der Waals surface area contributed by atoms with Crippen molar-refractivity contribution in [2.75, 3.05) is 42.9 Å². The van der Waals surface area contributed by atoms with Crippen molar-refractivity contribution in [1.29, 1.82) is 5.26 Å². The molecule has 1 N–H and O–H groups in total. The molecule has 0 unspecified atom stereocenters. The summed E-state index contributed by atoms with van der Waals surface area (Å²) in [6.45, 7) is 3.97. The Bertz CT molecular complexity index is 812. The molecule has 1 aromatic heterocycles. The zero-order valence-corrected chi connectivity index (χ0v) is 15.1. The molecule has 7 heteroatoms. The number of hydrogen-bond acceptors (Lipinski definition) is 5. The summed E-state index contributed by atoms with van der Waals surface area (Å²) in [6, 6.07) is 12.9. The second-order valence-electron chi connectivity index (χ2n) is 6.12. The minimum Gasteiger partial charge on any atom is -0.353 e. The minimum absolute atomic E-state index is 0.0220. The van der Waals surface area contributed by atoms with Crippen LogP contribution in [0.15, 0.2) is 42.6 Å². The number of amides is 1. The molecule has 0 spiro atoms. The largest absolute Gasteiger partial charge is 0.353 e. The molecule has 3 rings (SSSR count). The zero-order valence-electron chi connectivity index (χ0n) is 14.4. The van der Waals surface area contributed by atoms with Gasteiger partial charge < -0.3 is 10.2 Å². The van der Waals surface area contributed by atoms with Crippen LogP contribution in [0.25, 0.3) is 0 Å². The maximum absolute atomic E-state index is 12.1. The van der Waals surface area contributed by atoms with E-state index in [0.29, 0.717) is 29.2 Å². The highest BCUT2D eigenvalue weighted by Gasteiger charge is 2.20. The van der Waals surface area contributed by atoms with Crippen LogP contribution in [0.3, 0.4) is 0 Å².